The van der Waals surface area contributed by atoms with Gasteiger partial charge in [0, 0.05) is 200 Å². The first-order valence-corrected chi connectivity index (χ1v) is 44.6. The van der Waals surface area contributed by atoms with Crippen molar-refractivity contribution in [3.05, 3.63) is 143 Å². The molecule has 9 aromatic heterocycles. The van der Waals surface area contributed by atoms with E-state index < -0.39 is 47.4 Å². The van der Waals surface area contributed by atoms with Gasteiger partial charge in [-0.05, 0) is 150 Å². The lowest BCUT2D eigenvalue weighted by Crippen LogP contribution is -2.50. The average Bonchev–Trinajstić information content (AvgIpc) is 1.73. The number of nitrogens with zero attached hydrogens (tertiary/aromatic N) is 21. The van der Waals surface area contributed by atoms with E-state index in [9.17, 15) is 77.9 Å². The highest BCUT2D eigenvalue weighted by molar-refractivity contribution is 5.94. The Morgan fingerprint density at radius 1 is 0.396 bits per heavy atom. The molecule has 0 unspecified atom stereocenters. The lowest BCUT2D eigenvalue weighted by atomic mass is 10.1. The molecule has 134 heavy (non-hydrogen) atoms. The Labute approximate surface area is 766 Å². The maximum absolute atomic E-state index is 14.3. The van der Waals surface area contributed by atoms with E-state index in [2.05, 4.69) is 100 Å². The second-order valence-electron chi connectivity index (χ2n) is 33.2. The fourth-order valence-electron chi connectivity index (χ4n) is 16.8. The number of pyridine rings is 3. The molecular weight excluding hydrogens is 1760 g/mol. The number of aromatic nitrogens is 12. The monoisotopic (exact) mass is 1870 g/mol. The maximum Gasteiger partial charge on any atom is 0.417 e. The SMILES string of the molecule is C/C=C\C(=O)CCC(=O)N1CCN(Cc2cc3c(N4CCCCC4)nc(-c4cnc(N)cc4C(F)(F)F)nn3c2)CC1.C/C=C\C(=O)CCC(=O)N1CCN(Cc2cc3c(N4CCCCC4)nc(-c4cnc(NC(=O)OC)cc4C(F)(F)F)nn3c2)CC1.C/C=C\C(=O)NCC(=O)N1CCN(Cc2cc3c(N4CCCCC4)nc(-c4cnc(NC(=O)OC)cc4C(F)(F)F)nn3c2)CC1. The van der Waals surface area contributed by atoms with Crippen molar-refractivity contribution in [2.45, 2.75) is 142 Å². The van der Waals surface area contributed by atoms with Gasteiger partial charge in [0.1, 0.15) is 34.0 Å². The Bertz CT molecular complexity index is 5560. The van der Waals surface area contributed by atoms with E-state index >= 15 is 0 Å². The normalized spacial score (nSPS) is 16.5. The summed E-state index contributed by atoms with van der Waals surface area (Å²) in [6, 6.07) is 8.20. The van der Waals surface area contributed by atoms with Crippen molar-refractivity contribution >= 4 is 98.8 Å². The minimum atomic E-state index is -4.78. The number of nitrogens with one attached hydrogen (secondary N) is 3. The molecule has 0 bridgehead atoms. The van der Waals surface area contributed by atoms with Crippen molar-refractivity contribution in [3.63, 3.8) is 0 Å². The van der Waals surface area contributed by atoms with Crippen LogP contribution in [0.25, 0.3) is 50.7 Å². The summed E-state index contributed by atoms with van der Waals surface area (Å²) in [6.07, 6.45) is 11.4. The minimum absolute atomic E-state index is 0.0218. The topological polar surface area (TPSA) is 376 Å². The van der Waals surface area contributed by atoms with Crippen molar-refractivity contribution in [2.75, 3.05) is 170 Å². The van der Waals surface area contributed by atoms with Crippen LogP contribution < -0.4 is 36.4 Å². The lowest BCUT2D eigenvalue weighted by Gasteiger charge is -2.34. The smallest absolute Gasteiger partial charge is 0.417 e. The molecule has 5 N–H and O–H groups in total. The summed E-state index contributed by atoms with van der Waals surface area (Å²) in [6.45, 7) is 18.3. The molecule has 0 aromatic carbocycles. The van der Waals surface area contributed by atoms with Gasteiger partial charge >= 0.3 is 30.7 Å². The summed E-state index contributed by atoms with van der Waals surface area (Å²) in [5.41, 5.74) is 6.57. The summed E-state index contributed by atoms with van der Waals surface area (Å²) in [5.74, 6) is -0.170. The molecule has 0 spiro atoms. The van der Waals surface area contributed by atoms with Crippen LogP contribution in [0.15, 0.2) is 110 Å². The molecule has 6 saturated heterocycles. The number of fused-ring (bicyclic) bond motifs is 3. The molecule has 0 aliphatic carbocycles. The Hall–Kier alpha value is -13.3. The third kappa shape index (κ3) is 25.6. The van der Waals surface area contributed by atoms with Gasteiger partial charge in [-0.3, -0.25) is 54.1 Å². The number of piperazine rings is 3. The Balaban J connectivity index is 0.000000171. The Morgan fingerprint density at radius 2 is 0.709 bits per heavy atom. The number of methoxy groups -OCH3 is 2. The number of carbonyl (C=O) groups excluding carboxylic acids is 8. The minimum Gasteiger partial charge on any atom is -0.453 e. The van der Waals surface area contributed by atoms with Crippen LogP contribution in [-0.2, 0) is 76.4 Å². The highest BCUT2D eigenvalue weighted by atomic mass is 19.4. The van der Waals surface area contributed by atoms with Crippen LogP contribution in [0.5, 0.6) is 0 Å². The quantitative estimate of drug-likeness (QED) is 0.0305. The van der Waals surface area contributed by atoms with Crippen molar-refractivity contribution in [1.82, 2.24) is 93.5 Å². The van der Waals surface area contributed by atoms with Crippen LogP contribution in [0.1, 0.15) is 138 Å². The summed E-state index contributed by atoms with van der Waals surface area (Å²) >= 11 is 0. The average molecular weight is 1870 g/mol. The number of amides is 6. The number of nitrogens with two attached hydrogens (primary N) is 1. The second-order valence-corrected chi connectivity index (χ2v) is 33.2. The molecule has 44 heteroatoms. The van der Waals surface area contributed by atoms with Crippen LogP contribution in [0, 0.1) is 0 Å². The van der Waals surface area contributed by atoms with E-state index in [0.29, 0.717) is 140 Å². The number of allylic oxidation sites excluding steroid dienone is 5. The van der Waals surface area contributed by atoms with Gasteiger partial charge in [0.2, 0.25) is 23.6 Å². The fraction of sp³-hybridized carbons (Fsp3) is 0.478. The number of rotatable bonds is 25. The number of alkyl halides is 9. The van der Waals surface area contributed by atoms with Gasteiger partial charge in [0.05, 0.1) is 54.1 Å². The molecular formula is C90H108F9N25O10. The number of ketones is 2. The molecule has 0 radical (unpaired) electrons. The van der Waals surface area contributed by atoms with Gasteiger partial charge in [-0.15, -0.1) is 15.3 Å². The van der Waals surface area contributed by atoms with Gasteiger partial charge in [-0.1, -0.05) is 18.2 Å². The maximum atomic E-state index is 14.3. The number of nitrogen functional groups attached to an aromatic ring is 1. The first-order chi connectivity index (χ1) is 64.2. The zero-order chi connectivity index (χ0) is 95.5. The van der Waals surface area contributed by atoms with Gasteiger partial charge in [0.25, 0.3) is 0 Å². The predicted octanol–water partition coefficient (Wildman–Crippen LogP) is 11.8. The Morgan fingerprint density at radius 3 is 1.02 bits per heavy atom. The van der Waals surface area contributed by atoms with Crippen molar-refractivity contribution < 1.29 is 87.3 Å². The summed E-state index contributed by atoms with van der Waals surface area (Å²) < 4.78 is 141. The number of carbonyl (C=O) groups is 8. The molecule has 716 valence electrons. The number of hydrogen-bond donors (Lipinski definition) is 4. The van der Waals surface area contributed by atoms with E-state index in [0.717, 1.165) is 157 Å². The molecule has 6 fully saturated rings. The zero-order valence-corrected chi connectivity index (χ0v) is 75.1. The lowest BCUT2D eigenvalue weighted by molar-refractivity contribution is -0.137. The number of halogens is 9. The summed E-state index contributed by atoms with van der Waals surface area (Å²) in [7, 11) is 2.20. The van der Waals surface area contributed by atoms with E-state index in [1.54, 1.807) is 79.6 Å². The summed E-state index contributed by atoms with van der Waals surface area (Å²) in [5, 5.41) is 20.4. The van der Waals surface area contributed by atoms with E-state index in [-0.39, 0.29) is 119 Å². The van der Waals surface area contributed by atoms with Gasteiger partial charge in [-0.25, -0.2) is 53.0 Å². The number of hydrogen-bond acceptors (Lipinski definition) is 26. The zero-order valence-electron chi connectivity index (χ0n) is 75.1. The van der Waals surface area contributed by atoms with E-state index in [1.165, 1.54) is 18.2 Å². The summed E-state index contributed by atoms with van der Waals surface area (Å²) in [4.78, 5) is 140. The molecule has 0 atom stereocenters. The van der Waals surface area contributed by atoms with Crippen molar-refractivity contribution in [3.8, 4) is 34.2 Å². The van der Waals surface area contributed by atoms with Crippen LogP contribution in [0.2, 0.25) is 0 Å². The second kappa shape index (κ2) is 44.5. The molecule has 9 aromatic rings. The third-order valence-electron chi connectivity index (χ3n) is 23.7. The van der Waals surface area contributed by atoms with Crippen molar-refractivity contribution in [2.24, 2.45) is 0 Å². The number of anilines is 6. The molecule has 15 heterocycles. The third-order valence-corrected chi connectivity index (χ3v) is 23.7. The number of piperidine rings is 3. The molecule has 15 rings (SSSR count). The molecule has 6 aliphatic rings. The van der Waals surface area contributed by atoms with Crippen LogP contribution in [-0.4, -0.2) is 274 Å². The van der Waals surface area contributed by atoms with E-state index in [1.807, 2.05) is 24.4 Å². The molecule has 6 aliphatic heterocycles. The van der Waals surface area contributed by atoms with E-state index in [4.69, 9.17) is 5.73 Å². The number of ether oxygens (including phenoxy) is 2. The first kappa shape index (κ1) is 98.2. The Kier molecular flexibility index (Phi) is 32.6. The molecule has 35 nitrogen and oxygen atoms in total. The molecule has 6 amide bonds. The van der Waals surface area contributed by atoms with Gasteiger partial charge in [0.15, 0.2) is 46.5 Å². The van der Waals surface area contributed by atoms with Crippen molar-refractivity contribution in [1.29, 1.82) is 0 Å². The molecule has 0 saturated carbocycles. The van der Waals surface area contributed by atoms with Crippen LogP contribution >= 0.6 is 0 Å². The fourth-order valence-corrected chi connectivity index (χ4v) is 16.8. The predicted molar refractivity (Wildman–Crippen MR) is 480 cm³/mol. The van der Waals surface area contributed by atoms with Crippen LogP contribution in [0.3, 0.4) is 0 Å². The standard InChI is InChI=1S/C31H37F3N8O4.C30H36F3N9O4.C29H35F3N8O2/c1-3-7-22(43)8-9-27(44)40-14-12-39(13-15-40)19-21-16-25-29(41-10-5-4-6-11-41)37-28(38-42(25)20-21)23-18-35-26(36-30(45)46-2)17-24(23)31(32,33)34;1-3-7-25(43)35-17-26(44)40-12-10-39(11-13-40)18-20-14-23-28(41-8-5-4-6-9-41)37-27(38-42(23)19-20)21-16-34-24(36-29(45)46-2)15-22(21)30(31,32)33;1-2-6-21(41)7-8-26(42)38-13-11-37(12-14-38)18-20-15-24-28(39-9-4-3-5-10-39)35-27(36-40(24)19-20)22-17-34-25(33)16-23(22)29(30,31)32/h3,7,16-18,20H,4-6,8-15,19H2,1-2H3,(H,35,36,45);3,7,14-16,19H,4-6,8-13,17-18H2,1-2H3,(H,35,43)(H,34,36,45);2,6,15-17,19H,3-5,7-14,18H2,1H3,(H2,33,34)/b2*7-3-;6-2-. The van der Waals surface area contributed by atoms with Gasteiger partial charge < -0.3 is 49.9 Å². The highest BCUT2D eigenvalue weighted by Gasteiger charge is 2.40. The van der Waals surface area contributed by atoms with Crippen LogP contribution in [0.4, 0.5) is 84.0 Å². The van der Waals surface area contributed by atoms with Gasteiger partial charge in [-0.2, -0.15) is 39.5 Å². The largest absolute Gasteiger partial charge is 0.453 e. The highest BCUT2D eigenvalue weighted by Crippen LogP contribution is 2.42. The first-order valence-electron chi connectivity index (χ1n) is 44.6.